The third-order valence-corrected chi connectivity index (χ3v) is 2.34. The van der Waals surface area contributed by atoms with Crippen LogP contribution >= 0.6 is 11.6 Å². The number of hydrogen-bond donors (Lipinski definition) is 2. The molecule has 0 fully saturated rings. The first-order chi connectivity index (χ1) is 7.54. The number of benzene rings is 1. The second-order valence-electron chi connectivity index (χ2n) is 3.27. The Morgan fingerprint density at radius 1 is 1.44 bits per heavy atom. The summed E-state index contributed by atoms with van der Waals surface area (Å²) in [6, 6.07) is 4.64. The van der Waals surface area contributed by atoms with Crippen LogP contribution < -0.4 is 10.6 Å². The fourth-order valence-electron chi connectivity index (χ4n) is 1.38. The number of anilines is 2. The van der Waals surface area contributed by atoms with Crippen molar-refractivity contribution in [1.29, 1.82) is 0 Å². The second-order valence-corrected chi connectivity index (χ2v) is 3.68. The highest BCUT2D eigenvalue weighted by molar-refractivity contribution is 6.33. The van der Waals surface area contributed by atoms with E-state index in [1.807, 2.05) is 0 Å². The molecular formula is C10H13ClF2N2O. The predicted octanol–water partition coefficient (Wildman–Crippen LogP) is 1.99. The Hall–Kier alpha value is -1.07. The number of rotatable bonds is 5. The molecule has 1 aromatic rings. The molecule has 0 bridgehead atoms. The molecule has 6 heteroatoms. The van der Waals surface area contributed by atoms with Gasteiger partial charge in [-0.1, -0.05) is 11.6 Å². The van der Waals surface area contributed by atoms with Crippen LogP contribution in [0.2, 0.25) is 5.02 Å². The lowest BCUT2D eigenvalue weighted by molar-refractivity contribution is 0.153. The molecule has 90 valence electrons. The van der Waals surface area contributed by atoms with E-state index in [4.69, 9.17) is 22.4 Å². The van der Waals surface area contributed by atoms with E-state index >= 15 is 0 Å². The van der Waals surface area contributed by atoms with Gasteiger partial charge in [0.2, 0.25) is 0 Å². The van der Waals surface area contributed by atoms with Crippen LogP contribution in [-0.2, 0) is 0 Å². The van der Waals surface area contributed by atoms with E-state index in [-0.39, 0.29) is 13.2 Å². The predicted molar refractivity (Wildman–Crippen MR) is 61.2 cm³/mol. The molecule has 0 heterocycles. The maximum Gasteiger partial charge on any atom is 0.255 e. The van der Waals surface area contributed by atoms with E-state index in [0.29, 0.717) is 16.4 Å². The highest BCUT2D eigenvalue weighted by Crippen LogP contribution is 2.28. The fourth-order valence-corrected chi connectivity index (χ4v) is 1.69. The Bertz CT molecular complexity index is 350. The summed E-state index contributed by atoms with van der Waals surface area (Å²) in [6.07, 6.45) is -2.49. The van der Waals surface area contributed by atoms with Gasteiger partial charge in [0, 0.05) is 12.2 Å². The highest BCUT2D eigenvalue weighted by Gasteiger charge is 2.14. The highest BCUT2D eigenvalue weighted by atomic mass is 35.5. The lowest BCUT2D eigenvalue weighted by Gasteiger charge is -2.24. The average molecular weight is 251 g/mol. The molecule has 16 heavy (non-hydrogen) atoms. The van der Waals surface area contributed by atoms with Gasteiger partial charge >= 0.3 is 0 Å². The summed E-state index contributed by atoms with van der Waals surface area (Å²) in [4.78, 5) is 1.33. The van der Waals surface area contributed by atoms with Crippen molar-refractivity contribution in [1.82, 2.24) is 0 Å². The minimum atomic E-state index is -2.49. The Kier molecular flexibility index (Phi) is 4.76. The molecule has 0 aliphatic rings. The minimum Gasteiger partial charge on any atom is -0.399 e. The summed E-state index contributed by atoms with van der Waals surface area (Å²) in [5, 5.41) is 9.10. The van der Waals surface area contributed by atoms with Crippen LogP contribution in [0.15, 0.2) is 18.2 Å². The van der Waals surface area contributed by atoms with Crippen molar-refractivity contribution >= 4 is 23.0 Å². The number of hydrogen-bond acceptors (Lipinski definition) is 3. The van der Waals surface area contributed by atoms with Gasteiger partial charge in [-0.15, -0.1) is 0 Å². The summed E-state index contributed by atoms with van der Waals surface area (Å²) in [5.74, 6) is 0. The van der Waals surface area contributed by atoms with Crippen molar-refractivity contribution in [2.24, 2.45) is 0 Å². The molecular weight excluding hydrogens is 238 g/mol. The molecule has 0 saturated heterocycles. The second kappa shape index (κ2) is 5.86. The molecule has 0 amide bonds. The molecule has 3 N–H and O–H groups in total. The lowest BCUT2D eigenvalue weighted by atomic mass is 10.2. The largest absolute Gasteiger partial charge is 0.399 e. The van der Waals surface area contributed by atoms with Crippen molar-refractivity contribution in [3.8, 4) is 0 Å². The summed E-state index contributed by atoms with van der Waals surface area (Å²) in [7, 11) is 0. The zero-order valence-corrected chi connectivity index (χ0v) is 9.29. The molecule has 3 nitrogen and oxygen atoms in total. The number of nitrogens with two attached hydrogens (primary N) is 1. The van der Waals surface area contributed by atoms with Crippen LogP contribution in [0.1, 0.15) is 0 Å². The first-order valence-corrected chi connectivity index (χ1v) is 5.11. The number of halogens is 3. The molecule has 0 saturated carbocycles. The molecule has 0 unspecified atom stereocenters. The van der Waals surface area contributed by atoms with Crippen molar-refractivity contribution in [3.63, 3.8) is 0 Å². The zero-order chi connectivity index (χ0) is 12.1. The SMILES string of the molecule is Nc1ccc(N(CCO)CC(F)F)c(Cl)c1. The minimum absolute atomic E-state index is 0.105. The molecule has 0 aromatic heterocycles. The van der Waals surface area contributed by atoms with Gasteiger partial charge in [-0.05, 0) is 18.2 Å². The Morgan fingerprint density at radius 2 is 2.12 bits per heavy atom. The number of nitrogens with zero attached hydrogens (tertiary/aromatic N) is 1. The molecule has 0 spiro atoms. The van der Waals surface area contributed by atoms with Gasteiger partial charge in [0.15, 0.2) is 0 Å². The quantitative estimate of drug-likeness (QED) is 0.786. The average Bonchev–Trinajstić information content (AvgIpc) is 2.16. The molecule has 0 aliphatic carbocycles. The van der Waals surface area contributed by atoms with Gasteiger partial charge in [-0.3, -0.25) is 0 Å². The van der Waals surface area contributed by atoms with E-state index in [9.17, 15) is 8.78 Å². The monoisotopic (exact) mass is 250 g/mol. The van der Waals surface area contributed by atoms with Gasteiger partial charge in [0.05, 0.1) is 23.9 Å². The van der Waals surface area contributed by atoms with E-state index < -0.39 is 13.0 Å². The first kappa shape index (κ1) is 13.0. The van der Waals surface area contributed by atoms with Crippen LogP contribution in [0.5, 0.6) is 0 Å². The third-order valence-electron chi connectivity index (χ3n) is 2.04. The summed E-state index contributed by atoms with van der Waals surface area (Å²) < 4.78 is 24.6. The van der Waals surface area contributed by atoms with Gasteiger partial charge in [-0.2, -0.15) is 0 Å². The number of aliphatic hydroxyl groups is 1. The fraction of sp³-hybridized carbons (Fsp3) is 0.400. The van der Waals surface area contributed by atoms with E-state index in [1.165, 1.54) is 11.0 Å². The topological polar surface area (TPSA) is 49.5 Å². The van der Waals surface area contributed by atoms with Crippen LogP contribution in [0.4, 0.5) is 20.2 Å². The van der Waals surface area contributed by atoms with E-state index in [2.05, 4.69) is 0 Å². The summed E-state index contributed by atoms with van der Waals surface area (Å²) in [5.41, 5.74) is 6.42. The number of aliphatic hydroxyl groups excluding tert-OH is 1. The van der Waals surface area contributed by atoms with Gasteiger partial charge in [0.25, 0.3) is 6.43 Å². The summed E-state index contributed by atoms with van der Waals surface area (Å²) >= 11 is 5.90. The molecule has 1 aromatic carbocycles. The van der Waals surface area contributed by atoms with E-state index in [0.717, 1.165) is 0 Å². The van der Waals surface area contributed by atoms with Crippen LogP contribution in [0, 0.1) is 0 Å². The van der Waals surface area contributed by atoms with Crippen LogP contribution in [-0.4, -0.2) is 31.2 Å². The van der Waals surface area contributed by atoms with Crippen LogP contribution in [0.3, 0.4) is 0 Å². The van der Waals surface area contributed by atoms with Crippen molar-refractivity contribution in [2.45, 2.75) is 6.43 Å². The number of nitrogen functional groups attached to an aromatic ring is 1. The van der Waals surface area contributed by atoms with Crippen molar-refractivity contribution in [2.75, 3.05) is 30.3 Å². The third kappa shape index (κ3) is 3.50. The van der Waals surface area contributed by atoms with Gasteiger partial charge in [0.1, 0.15) is 0 Å². The number of alkyl halides is 2. The van der Waals surface area contributed by atoms with Gasteiger partial charge < -0.3 is 15.7 Å². The maximum atomic E-state index is 12.3. The normalized spacial score (nSPS) is 10.8. The summed E-state index contributed by atoms with van der Waals surface area (Å²) in [6.45, 7) is -0.578. The molecule has 0 radical (unpaired) electrons. The maximum absolute atomic E-state index is 12.3. The molecule has 0 aliphatic heterocycles. The smallest absolute Gasteiger partial charge is 0.255 e. The first-order valence-electron chi connectivity index (χ1n) is 4.73. The van der Waals surface area contributed by atoms with Gasteiger partial charge in [-0.25, -0.2) is 8.78 Å². The molecule has 1 rings (SSSR count). The van der Waals surface area contributed by atoms with Crippen LogP contribution in [0.25, 0.3) is 0 Å². The molecule has 0 atom stereocenters. The Labute approximate surface area is 97.4 Å². The van der Waals surface area contributed by atoms with E-state index in [1.54, 1.807) is 12.1 Å². The Balaban J connectivity index is 2.91. The Morgan fingerprint density at radius 3 is 2.62 bits per heavy atom. The lowest BCUT2D eigenvalue weighted by Crippen LogP contribution is -2.31. The zero-order valence-electron chi connectivity index (χ0n) is 8.54. The van der Waals surface area contributed by atoms with Crippen molar-refractivity contribution in [3.05, 3.63) is 23.2 Å². The van der Waals surface area contributed by atoms with Crippen molar-refractivity contribution < 1.29 is 13.9 Å². The standard InChI is InChI=1S/C10H13ClF2N2O/c11-8-5-7(14)1-2-9(8)15(3-4-16)6-10(12)13/h1-2,5,10,16H,3-4,6,14H2.